The Morgan fingerprint density at radius 1 is 0.762 bits per heavy atom. The fraction of sp³-hybridized carbons (Fsp3) is 0.789. The van der Waals surface area contributed by atoms with Crippen LogP contribution >= 0.6 is 0 Å². The summed E-state index contributed by atoms with van der Waals surface area (Å²) in [6.45, 7) is 6.91. The molecule has 0 aliphatic carbocycles. The van der Waals surface area contributed by atoms with E-state index in [-0.39, 0.29) is 5.41 Å². The van der Waals surface area contributed by atoms with Gasteiger partial charge < -0.3 is 0 Å². The van der Waals surface area contributed by atoms with Gasteiger partial charge in [-0.3, -0.25) is 0 Å². The molecule has 1 aromatic rings. The highest BCUT2D eigenvalue weighted by Gasteiger charge is 2.28. The van der Waals surface area contributed by atoms with Crippen molar-refractivity contribution in [1.82, 2.24) is 9.97 Å². The van der Waals surface area contributed by atoms with E-state index in [9.17, 15) is 0 Å². The Labute approximate surface area is 131 Å². The number of aromatic nitrogens is 2. The van der Waals surface area contributed by atoms with Crippen LogP contribution < -0.4 is 0 Å². The van der Waals surface area contributed by atoms with Crippen molar-refractivity contribution >= 4 is 0 Å². The van der Waals surface area contributed by atoms with E-state index in [0.717, 1.165) is 5.82 Å². The molecular formula is C19H34N2. The molecule has 1 heterocycles. The Hall–Kier alpha value is -0.920. The van der Waals surface area contributed by atoms with Gasteiger partial charge in [0.1, 0.15) is 5.82 Å². The van der Waals surface area contributed by atoms with Crippen LogP contribution in [0.25, 0.3) is 0 Å². The van der Waals surface area contributed by atoms with E-state index in [0.29, 0.717) is 0 Å². The molecule has 0 saturated carbocycles. The van der Waals surface area contributed by atoms with Crippen LogP contribution in [0.15, 0.2) is 18.5 Å². The number of nitrogens with zero attached hydrogens (tertiary/aromatic N) is 2. The molecular weight excluding hydrogens is 256 g/mol. The van der Waals surface area contributed by atoms with Crippen molar-refractivity contribution < 1.29 is 0 Å². The molecule has 1 aromatic heterocycles. The van der Waals surface area contributed by atoms with Crippen molar-refractivity contribution in [3.63, 3.8) is 0 Å². The van der Waals surface area contributed by atoms with Gasteiger partial charge in [-0.2, -0.15) is 0 Å². The Bertz CT molecular complexity index is 350. The van der Waals surface area contributed by atoms with Gasteiger partial charge >= 0.3 is 0 Å². The number of unbranched alkanes of at least 4 members (excludes halogenated alkanes) is 7. The molecule has 1 rings (SSSR count). The first kappa shape index (κ1) is 18.1. The van der Waals surface area contributed by atoms with E-state index >= 15 is 0 Å². The second-order valence-electron chi connectivity index (χ2n) is 6.61. The predicted molar refractivity (Wildman–Crippen MR) is 91.5 cm³/mol. The van der Waals surface area contributed by atoms with Gasteiger partial charge in [-0.25, -0.2) is 9.97 Å². The summed E-state index contributed by atoms with van der Waals surface area (Å²) in [4.78, 5) is 9.11. The Morgan fingerprint density at radius 3 is 1.76 bits per heavy atom. The van der Waals surface area contributed by atoms with Crippen molar-refractivity contribution in [2.45, 2.75) is 96.8 Å². The predicted octanol–water partition coefficient (Wildman–Crippen LogP) is 6.07. The van der Waals surface area contributed by atoms with Crippen LogP contribution in [0, 0.1) is 0 Å². The first-order chi connectivity index (χ1) is 10.2. The second-order valence-corrected chi connectivity index (χ2v) is 6.61. The molecule has 0 N–H and O–H groups in total. The highest BCUT2D eigenvalue weighted by Crippen LogP contribution is 2.33. The molecule has 0 radical (unpaired) electrons. The monoisotopic (exact) mass is 290 g/mol. The zero-order chi connectivity index (χ0) is 15.4. The van der Waals surface area contributed by atoms with Crippen molar-refractivity contribution in [1.29, 1.82) is 0 Å². The van der Waals surface area contributed by atoms with Crippen molar-refractivity contribution in [3.8, 4) is 0 Å². The van der Waals surface area contributed by atoms with Crippen LogP contribution in [0.1, 0.15) is 97.2 Å². The summed E-state index contributed by atoms with van der Waals surface area (Å²) in [5.74, 6) is 1.05. The highest BCUT2D eigenvalue weighted by atomic mass is 14.9. The van der Waals surface area contributed by atoms with Gasteiger partial charge in [-0.1, -0.05) is 78.6 Å². The SMILES string of the molecule is CCCCCCCC(C)(CCCCCC)c1ncccn1. The molecule has 0 bridgehead atoms. The van der Waals surface area contributed by atoms with Gasteiger partial charge in [0.25, 0.3) is 0 Å². The van der Waals surface area contributed by atoms with Crippen LogP contribution in [0.5, 0.6) is 0 Å². The molecule has 21 heavy (non-hydrogen) atoms. The normalized spacial score (nSPS) is 14.0. The maximum atomic E-state index is 4.55. The van der Waals surface area contributed by atoms with Gasteiger partial charge in [0.05, 0.1) is 0 Å². The molecule has 0 aliphatic rings. The highest BCUT2D eigenvalue weighted by molar-refractivity contribution is 5.05. The molecule has 0 aromatic carbocycles. The van der Waals surface area contributed by atoms with Crippen molar-refractivity contribution in [2.75, 3.05) is 0 Å². The summed E-state index contributed by atoms with van der Waals surface area (Å²) < 4.78 is 0. The first-order valence-corrected chi connectivity index (χ1v) is 9.00. The molecule has 2 nitrogen and oxygen atoms in total. The van der Waals surface area contributed by atoms with E-state index < -0.39 is 0 Å². The standard InChI is InChI=1S/C19H34N2/c1-4-6-8-10-12-15-19(3,14-11-9-7-5-2)18-20-16-13-17-21-18/h13,16-17H,4-12,14-15H2,1-3H3. The fourth-order valence-electron chi connectivity index (χ4n) is 3.02. The lowest BCUT2D eigenvalue weighted by Gasteiger charge is -2.28. The van der Waals surface area contributed by atoms with E-state index in [1.165, 1.54) is 70.6 Å². The van der Waals surface area contributed by atoms with E-state index in [4.69, 9.17) is 0 Å². The van der Waals surface area contributed by atoms with Crippen LogP contribution in [0.2, 0.25) is 0 Å². The van der Waals surface area contributed by atoms with Gasteiger partial charge in [0, 0.05) is 17.8 Å². The van der Waals surface area contributed by atoms with Gasteiger partial charge in [0.15, 0.2) is 0 Å². The molecule has 0 aliphatic heterocycles. The van der Waals surface area contributed by atoms with Gasteiger partial charge in [-0.15, -0.1) is 0 Å². The van der Waals surface area contributed by atoms with Crippen LogP contribution in [0.3, 0.4) is 0 Å². The molecule has 1 unspecified atom stereocenters. The third-order valence-corrected chi connectivity index (χ3v) is 4.52. The summed E-state index contributed by atoms with van der Waals surface area (Å²) >= 11 is 0. The summed E-state index contributed by atoms with van der Waals surface area (Å²) in [7, 11) is 0. The third-order valence-electron chi connectivity index (χ3n) is 4.52. The number of hydrogen-bond donors (Lipinski definition) is 0. The second kappa shape index (κ2) is 10.8. The van der Waals surface area contributed by atoms with E-state index in [1.54, 1.807) is 0 Å². The fourth-order valence-corrected chi connectivity index (χ4v) is 3.02. The Balaban J connectivity index is 2.52. The minimum absolute atomic E-state index is 0.168. The lowest BCUT2D eigenvalue weighted by atomic mass is 9.79. The quantitative estimate of drug-likeness (QED) is 0.437. The Kier molecular flexibility index (Phi) is 9.29. The lowest BCUT2D eigenvalue weighted by Crippen LogP contribution is -2.25. The van der Waals surface area contributed by atoms with E-state index in [1.807, 2.05) is 18.5 Å². The largest absolute Gasteiger partial charge is 0.241 e. The number of hydrogen-bond acceptors (Lipinski definition) is 2. The molecule has 0 saturated heterocycles. The minimum atomic E-state index is 0.168. The third kappa shape index (κ3) is 7.06. The zero-order valence-electron chi connectivity index (χ0n) is 14.4. The minimum Gasteiger partial charge on any atom is -0.241 e. The van der Waals surface area contributed by atoms with Crippen LogP contribution in [-0.2, 0) is 5.41 Å². The average molecular weight is 290 g/mol. The van der Waals surface area contributed by atoms with Crippen LogP contribution in [-0.4, -0.2) is 9.97 Å². The van der Waals surface area contributed by atoms with Gasteiger partial charge in [-0.05, 0) is 18.9 Å². The maximum Gasteiger partial charge on any atom is 0.134 e. The summed E-state index contributed by atoms with van der Waals surface area (Å²) in [5.41, 5.74) is 0.168. The molecule has 120 valence electrons. The molecule has 0 fully saturated rings. The smallest absolute Gasteiger partial charge is 0.134 e. The van der Waals surface area contributed by atoms with Crippen molar-refractivity contribution in [3.05, 3.63) is 24.3 Å². The number of rotatable bonds is 12. The summed E-state index contributed by atoms with van der Waals surface area (Å²) in [5, 5.41) is 0. The summed E-state index contributed by atoms with van der Waals surface area (Å²) in [6.07, 6.45) is 18.3. The lowest BCUT2D eigenvalue weighted by molar-refractivity contribution is 0.345. The molecule has 0 amide bonds. The zero-order valence-corrected chi connectivity index (χ0v) is 14.4. The van der Waals surface area contributed by atoms with Crippen molar-refractivity contribution in [2.24, 2.45) is 0 Å². The van der Waals surface area contributed by atoms with E-state index in [2.05, 4.69) is 30.7 Å². The van der Waals surface area contributed by atoms with Gasteiger partial charge in [0.2, 0.25) is 0 Å². The molecule has 1 atom stereocenters. The van der Waals surface area contributed by atoms with Crippen LogP contribution in [0.4, 0.5) is 0 Å². The first-order valence-electron chi connectivity index (χ1n) is 9.00. The summed E-state index contributed by atoms with van der Waals surface area (Å²) in [6, 6.07) is 1.92. The topological polar surface area (TPSA) is 25.8 Å². The molecule has 0 spiro atoms. The average Bonchev–Trinajstić information content (AvgIpc) is 2.52. The maximum absolute atomic E-state index is 4.55. The molecule has 2 heteroatoms. The Morgan fingerprint density at radius 2 is 1.24 bits per heavy atom.